The molecule has 4 rings (SSSR count). The lowest BCUT2D eigenvalue weighted by molar-refractivity contribution is 0.0928. The minimum Gasteiger partial charge on any atom is -0.350 e. The molecule has 1 aliphatic heterocycles. The minimum absolute atomic E-state index is 0.161. The van der Waals surface area contributed by atoms with E-state index in [1.165, 1.54) is 18.3 Å². The number of nitrogens with zero attached hydrogens (tertiary/aromatic N) is 3. The molecule has 0 radical (unpaired) electrons. The standard InChI is InChI=1S/C23H23Cl2FN4O/c24-18-12-20(25)22(27-14-18)30-9-1-2-21(30)23(31)28-13-16-7-10-29(11-8-16)15-17-3-5-19(26)6-4-17/h1-6,9,12,14,16H,7-8,10-11,13,15H2,(H,28,31). The second kappa shape index (κ2) is 9.81. The smallest absolute Gasteiger partial charge is 0.268 e. The first-order valence-corrected chi connectivity index (χ1v) is 11.0. The van der Waals surface area contributed by atoms with E-state index < -0.39 is 0 Å². The number of carbonyl (C=O) groups excluding carboxylic acids is 1. The van der Waals surface area contributed by atoms with Crippen LogP contribution in [0.25, 0.3) is 5.82 Å². The average molecular weight is 461 g/mol. The van der Waals surface area contributed by atoms with Crippen LogP contribution in [0.2, 0.25) is 10.0 Å². The van der Waals surface area contributed by atoms with Gasteiger partial charge in [0.1, 0.15) is 11.5 Å². The predicted molar refractivity (Wildman–Crippen MR) is 120 cm³/mol. The summed E-state index contributed by atoms with van der Waals surface area (Å²) in [6.07, 6.45) is 5.27. The van der Waals surface area contributed by atoms with E-state index in [-0.39, 0.29) is 11.7 Å². The van der Waals surface area contributed by atoms with E-state index >= 15 is 0 Å². The minimum atomic E-state index is -0.210. The molecule has 1 aliphatic rings. The Kier molecular flexibility index (Phi) is 6.90. The number of aromatic nitrogens is 2. The van der Waals surface area contributed by atoms with Gasteiger partial charge in [-0.2, -0.15) is 0 Å². The van der Waals surface area contributed by atoms with Crippen LogP contribution in [-0.4, -0.2) is 40.0 Å². The lowest BCUT2D eigenvalue weighted by Crippen LogP contribution is -2.38. The Hall–Kier alpha value is -2.41. The van der Waals surface area contributed by atoms with Crippen molar-refractivity contribution in [3.05, 3.63) is 82.0 Å². The number of halogens is 3. The maximum atomic E-state index is 13.1. The fourth-order valence-corrected chi connectivity index (χ4v) is 4.33. The van der Waals surface area contributed by atoms with E-state index in [4.69, 9.17) is 23.2 Å². The number of rotatable bonds is 6. The third kappa shape index (κ3) is 5.45. The molecule has 0 spiro atoms. The van der Waals surface area contributed by atoms with Gasteiger partial charge in [-0.25, -0.2) is 9.37 Å². The summed E-state index contributed by atoms with van der Waals surface area (Å²) >= 11 is 12.2. The highest BCUT2D eigenvalue weighted by atomic mass is 35.5. The van der Waals surface area contributed by atoms with Crippen LogP contribution in [0, 0.1) is 11.7 Å². The number of benzene rings is 1. The first-order chi connectivity index (χ1) is 15.0. The van der Waals surface area contributed by atoms with Crippen molar-refractivity contribution in [3.8, 4) is 5.82 Å². The van der Waals surface area contributed by atoms with E-state index in [1.807, 2.05) is 12.1 Å². The van der Waals surface area contributed by atoms with E-state index in [1.54, 1.807) is 29.0 Å². The van der Waals surface area contributed by atoms with Crippen molar-refractivity contribution in [1.82, 2.24) is 19.8 Å². The van der Waals surface area contributed by atoms with Gasteiger partial charge in [0.05, 0.1) is 10.0 Å². The molecule has 162 valence electrons. The van der Waals surface area contributed by atoms with Gasteiger partial charge in [0.15, 0.2) is 5.82 Å². The van der Waals surface area contributed by atoms with E-state index in [9.17, 15) is 9.18 Å². The average Bonchev–Trinajstić information content (AvgIpc) is 3.24. The van der Waals surface area contributed by atoms with Crippen molar-refractivity contribution in [3.63, 3.8) is 0 Å². The molecule has 0 aliphatic carbocycles. The predicted octanol–water partition coefficient (Wildman–Crippen LogP) is 4.96. The number of nitrogens with one attached hydrogen (secondary N) is 1. The van der Waals surface area contributed by atoms with Crippen molar-refractivity contribution in [2.45, 2.75) is 19.4 Å². The summed E-state index contributed by atoms with van der Waals surface area (Å²) in [5.41, 5.74) is 1.59. The zero-order valence-electron chi connectivity index (χ0n) is 16.9. The number of likely N-dealkylation sites (tertiary alicyclic amines) is 1. The van der Waals surface area contributed by atoms with Gasteiger partial charge < -0.3 is 5.32 Å². The molecule has 3 heterocycles. The third-order valence-electron chi connectivity index (χ3n) is 5.58. The summed E-state index contributed by atoms with van der Waals surface area (Å²) in [5, 5.41) is 3.87. The SMILES string of the molecule is O=C(NCC1CCN(Cc2ccc(F)cc2)CC1)c1cccn1-c1ncc(Cl)cc1Cl. The zero-order valence-corrected chi connectivity index (χ0v) is 18.4. The van der Waals surface area contributed by atoms with E-state index in [0.717, 1.165) is 38.0 Å². The molecule has 5 nitrogen and oxygen atoms in total. The molecule has 0 atom stereocenters. The van der Waals surface area contributed by atoms with Gasteiger partial charge in [-0.1, -0.05) is 35.3 Å². The molecule has 0 unspecified atom stereocenters. The zero-order chi connectivity index (χ0) is 21.8. The number of pyridine rings is 1. The van der Waals surface area contributed by atoms with Crippen LogP contribution in [0.4, 0.5) is 4.39 Å². The van der Waals surface area contributed by atoms with Gasteiger partial charge in [0, 0.05) is 25.5 Å². The number of carbonyl (C=O) groups is 1. The maximum Gasteiger partial charge on any atom is 0.268 e. The summed E-state index contributed by atoms with van der Waals surface area (Å²) in [6.45, 7) is 3.36. The van der Waals surface area contributed by atoms with Crippen LogP contribution in [-0.2, 0) is 6.54 Å². The van der Waals surface area contributed by atoms with Crippen LogP contribution >= 0.6 is 23.2 Å². The highest BCUT2D eigenvalue weighted by Crippen LogP contribution is 2.24. The van der Waals surface area contributed by atoms with Crippen molar-refractivity contribution in [1.29, 1.82) is 0 Å². The number of hydrogen-bond acceptors (Lipinski definition) is 3. The summed E-state index contributed by atoms with van der Waals surface area (Å²) in [4.78, 5) is 19.4. The van der Waals surface area contributed by atoms with E-state index in [0.29, 0.717) is 34.0 Å². The highest BCUT2D eigenvalue weighted by Gasteiger charge is 2.21. The van der Waals surface area contributed by atoms with Crippen LogP contribution in [0.5, 0.6) is 0 Å². The summed E-state index contributed by atoms with van der Waals surface area (Å²) in [5.74, 6) is 0.523. The second-order valence-corrected chi connectivity index (χ2v) is 8.62. The Balaban J connectivity index is 1.29. The maximum absolute atomic E-state index is 13.1. The molecule has 1 amide bonds. The summed E-state index contributed by atoms with van der Waals surface area (Å²) in [7, 11) is 0. The van der Waals surface area contributed by atoms with E-state index in [2.05, 4.69) is 15.2 Å². The number of piperidine rings is 1. The molecule has 2 aromatic heterocycles. The van der Waals surface area contributed by atoms with Crippen LogP contribution in [0.15, 0.2) is 54.9 Å². The van der Waals surface area contributed by atoms with Crippen molar-refractivity contribution >= 4 is 29.1 Å². The Morgan fingerprint density at radius 3 is 2.61 bits per heavy atom. The molecule has 8 heteroatoms. The molecule has 1 aromatic carbocycles. The fourth-order valence-electron chi connectivity index (χ4n) is 3.86. The number of amides is 1. The molecular formula is C23H23Cl2FN4O. The molecular weight excluding hydrogens is 438 g/mol. The monoisotopic (exact) mass is 460 g/mol. The Morgan fingerprint density at radius 2 is 1.90 bits per heavy atom. The van der Waals surface area contributed by atoms with Gasteiger partial charge in [0.25, 0.3) is 5.91 Å². The van der Waals surface area contributed by atoms with Crippen molar-refractivity contribution in [2.24, 2.45) is 5.92 Å². The largest absolute Gasteiger partial charge is 0.350 e. The molecule has 1 N–H and O–H groups in total. The third-order valence-corrected chi connectivity index (χ3v) is 6.06. The normalized spacial score (nSPS) is 15.2. The molecule has 0 bridgehead atoms. The van der Waals surface area contributed by atoms with Crippen molar-refractivity contribution < 1.29 is 9.18 Å². The Morgan fingerprint density at radius 1 is 1.16 bits per heavy atom. The Bertz CT molecular complexity index is 1050. The van der Waals surface area contributed by atoms with Crippen LogP contribution < -0.4 is 5.32 Å². The first kappa shape index (κ1) is 21.8. The summed E-state index contributed by atoms with van der Waals surface area (Å²) < 4.78 is 14.7. The Labute approximate surface area is 190 Å². The number of hydrogen-bond donors (Lipinski definition) is 1. The highest BCUT2D eigenvalue weighted by molar-refractivity contribution is 6.35. The lowest BCUT2D eigenvalue weighted by Gasteiger charge is -2.32. The summed E-state index contributed by atoms with van der Waals surface area (Å²) in [6, 6.07) is 11.8. The van der Waals surface area contributed by atoms with Crippen LogP contribution in [0.3, 0.4) is 0 Å². The topological polar surface area (TPSA) is 50.2 Å². The first-order valence-electron chi connectivity index (χ1n) is 10.2. The molecule has 3 aromatic rings. The van der Waals surface area contributed by atoms with Gasteiger partial charge in [-0.15, -0.1) is 0 Å². The van der Waals surface area contributed by atoms with Gasteiger partial charge in [0.2, 0.25) is 0 Å². The lowest BCUT2D eigenvalue weighted by atomic mass is 9.96. The van der Waals surface area contributed by atoms with Gasteiger partial charge in [-0.3, -0.25) is 14.3 Å². The van der Waals surface area contributed by atoms with Gasteiger partial charge in [-0.05, 0) is 67.7 Å². The van der Waals surface area contributed by atoms with Crippen LogP contribution in [0.1, 0.15) is 28.9 Å². The molecule has 1 saturated heterocycles. The fraction of sp³-hybridized carbons (Fsp3) is 0.304. The van der Waals surface area contributed by atoms with Crippen molar-refractivity contribution in [2.75, 3.05) is 19.6 Å². The quantitative estimate of drug-likeness (QED) is 0.565. The van der Waals surface area contributed by atoms with Gasteiger partial charge >= 0.3 is 0 Å². The second-order valence-electron chi connectivity index (χ2n) is 7.78. The molecule has 1 fully saturated rings. The molecule has 31 heavy (non-hydrogen) atoms. The molecule has 0 saturated carbocycles.